The second kappa shape index (κ2) is 9.15. The van der Waals surface area contributed by atoms with Gasteiger partial charge in [-0.1, -0.05) is 0 Å². The molecule has 1 heterocycles. The maximum absolute atomic E-state index is 12.1. The number of carbonyl (C=O) groups is 2. The van der Waals surface area contributed by atoms with E-state index < -0.39 is 0 Å². The number of methoxy groups -OCH3 is 1. The molecule has 0 radical (unpaired) electrons. The van der Waals surface area contributed by atoms with Crippen LogP contribution in [0.25, 0.3) is 16.6 Å². The average molecular weight is 373 g/mol. The molecule has 0 saturated heterocycles. The minimum Gasteiger partial charge on any atom is -0.497 e. The number of likely N-dealkylation sites (N-methyl/N-ethyl adjacent to an activating group) is 1. The zero-order chi connectivity index (χ0) is 19.1. The summed E-state index contributed by atoms with van der Waals surface area (Å²) in [7, 11) is 3.22. The van der Waals surface area contributed by atoms with E-state index in [-0.39, 0.29) is 24.4 Å². The van der Waals surface area contributed by atoms with Gasteiger partial charge in [0.15, 0.2) is 0 Å². The minimum atomic E-state index is -0.247. The van der Waals surface area contributed by atoms with Crippen molar-refractivity contribution in [3.63, 3.8) is 0 Å². The molecule has 0 aliphatic carbocycles. The lowest BCUT2D eigenvalue weighted by Crippen LogP contribution is -2.40. The van der Waals surface area contributed by atoms with E-state index in [1.165, 1.54) is 22.3 Å². The van der Waals surface area contributed by atoms with Crippen molar-refractivity contribution in [2.75, 3.05) is 20.7 Å². The standard InChI is InChI=1S/C19H23N3O3S/c1-13(2)20-17(23)11-22(3)18(24)10-7-15-12-26-19(21-15)14-5-8-16(25-4)9-6-14/h5-10,12-13H,11H2,1-4H3,(H,20,23)/b10-7+. The Labute approximate surface area is 157 Å². The number of hydrogen-bond acceptors (Lipinski definition) is 5. The van der Waals surface area contributed by atoms with Gasteiger partial charge in [-0.15, -0.1) is 11.3 Å². The summed E-state index contributed by atoms with van der Waals surface area (Å²) in [4.78, 5) is 29.7. The first-order valence-electron chi connectivity index (χ1n) is 8.21. The Hall–Kier alpha value is -2.67. The van der Waals surface area contributed by atoms with Gasteiger partial charge in [0, 0.05) is 30.1 Å². The second-order valence-corrected chi connectivity index (χ2v) is 6.91. The highest BCUT2D eigenvalue weighted by Gasteiger charge is 2.11. The highest BCUT2D eigenvalue weighted by atomic mass is 32.1. The van der Waals surface area contributed by atoms with Crippen LogP contribution in [0.2, 0.25) is 0 Å². The molecule has 1 aromatic heterocycles. The molecule has 2 amide bonds. The number of benzene rings is 1. The van der Waals surface area contributed by atoms with E-state index >= 15 is 0 Å². The highest BCUT2D eigenvalue weighted by Crippen LogP contribution is 2.26. The molecule has 6 nitrogen and oxygen atoms in total. The van der Waals surface area contributed by atoms with Gasteiger partial charge in [0.1, 0.15) is 10.8 Å². The van der Waals surface area contributed by atoms with Crippen LogP contribution in [0.1, 0.15) is 19.5 Å². The molecule has 7 heteroatoms. The second-order valence-electron chi connectivity index (χ2n) is 6.06. The van der Waals surface area contributed by atoms with Gasteiger partial charge in [-0.2, -0.15) is 0 Å². The monoisotopic (exact) mass is 373 g/mol. The van der Waals surface area contributed by atoms with Gasteiger partial charge in [0.2, 0.25) is 11.8 Å². The fraction of sp³-hybridized carbons (Fsp3) is 0.316. The molecule has 0 saturated carbocycles. The third-order valence-corrected chi connectivity index (χ3v) is 4.37. The van der Waals surface area contributed by atoms with Crippen LogP contribution in [-0.4, -0.2) is 48.4 Å². The molecule has 0 aliphatic rings. The van der Waals surface area contributed by atoms with Crippen molar-refractivity contribution in [2.24, 2.45) is 0 Å². The Kier molecular flexibility index (Phi) is 6.91. The van der Waals surface area contributed by atoms with Crippen LogP contribution in [0.4, 0.5) is 0 Å². The molecule has 26 heavy (non-hydrogen) atoms. The van der Waals surface area contributed by atoms with Gasteiger partial charge in [-0.25, -0.2) is 4.98 Å². The number of nitrogens with one attached hydrogen (secondary N) is 1. The first kappa shape index (κ1) is 19.7. The number of rotatable bonds is 7. The Balaban J connectivity index is 1.96. The van der Waals surface area contributed by atoms with E-state index in [2.05, 4.69) is 10.3 Å². The zero-order valence-electron chi connectivity index (χ0n) is 15.4. The van der Waals surface area contributed by atoms with Crippen LogP contribution in [-0.2, 0) is 9.59 Å². The number of amides is 2. The SMILES string of the molecule is COc1ccc(-c2nc(/C=C/C(=O)N(C)CC(=O)NC(C)C)cs2)cc1. The Bertz CT molecular complexity index is 782. The molecule has 0 bridgehead atoms. The largest absolute Gasteiger partial charge is 0.497 e. The quantitative estimate of drug-likeness (QED) is 0.758. The van der Waals surface area contributed by atoms with E-state index in [1.807, 2.05) is 43.5 Å². The fourth-order valence-corrected chi connectivity index (χ4v) is 2.97. The zero-order valence-corrected chi connectivity index (χ0v) is 16.2. The minimum absolute atomic E-state index is 0.0233. The Morgan fingerprint density at radius 2 is 2.00 bits per heavy atom. The summed E-state index contributed by atoms with van der Waals surface area (Å²) in [5.41, 5.74) is 1.69. The van der Waals surface area contributed by atoms with Crippen molar-refractivity contribution in [1.82, 2.24) is 15.2 Å². The molecule has 0 unspecified atom stereocenters. The van der Waals surface area contributed by atoms with Crippen molar-refractivity contribution in [3.8, 4) is 16.3 Å². The van der Waals surface area contributed by atoms with E-state index in [1.54, 1.807) is 20.2 Å². The third kappa shape index (κ3) is 5.70. The van der Waals surface area contributed by atoms with E-state index in [0.29, 0.717) is 5.69 Å². The summed E-state index contributed by atoms with van der Waals surface area (Å²) in [5.74, 6) is 0.364. The van der Waals surface area contributed by atoms with E-state index in [9.17, 15) is 9.59 Å². The van der Waals surface area contributed by atoms with E-state index in [0.717, 1.165) is 16.3 Å². The van der Waals surface area contributed by atoms with Gasteiger partial charge in [-0.05, 0) is 44.2 Å². The summed E-state index contributed by atoms with van der Waals surface area (Å²) in [6, 6.07) is 7.70. The molecule has 0 aliphatic heterocycles. The van der Waals surface area contributed by atoms with Gasteiger partial charge >= 0.3 is 0 Å². The molecule has 0 spiro atoms. The lowest BCUT2D eigenvalue weighted by Gasteiger charge is -2.16. The number of carbonyl (C=O) groups excluding carboxylic acids is 2. The van der Waals surface area contributed by atoms with Gasteiger partial charge in [0.05, 0.1) is 19.3 Å². The summed E-state index contributed by atoms with van der Waals surface area (Å²) >= 11 is 1.50. The first-order chi connectivity index (χ1) is 12.4. The van der Waals surface area contributed by atoms with Gasteiger partial charge in [0.25, 0.3) is 0 Å². The van der Waals surface area contributed by atoms with Gasteiger partial charge < -0.3 is 15.0 Å². The number of ether oxygens (including phenoxy) is 1. The average Bonchev–Trinajstić information content (AvgIpc) is 3.07. The summed E-state index contributed by atoms with van der Waals surface area (Å²) in [6.45, 7) is 3.78. The molecular formula is C19H23N3O3S. The van der Waals surface area contributed by atoms with Crippen molar-refractivity contribution in [2.45, 2.75) is 19.9 Å². The Morgan fingerprint density at radius 3 is 2.62 bits per heavy atom. The van der Waals surface area contributed by atoms with Crippen LogP contribution in [0.3, 0.4) is 0 Å². The third-order valence-electron chi connectivity index (χ3n) is 3.46. The maximum atomic E-state index is 12.1. The first-order valence-corrected chi connectivity index (χ1v) is 9.09. The molecule has 1 N–H and O–H groups in total. The maximum Gasteiger partial charge on any atom is 0.246 e. The summed E-state index contributed by atoms with van der Waals surface area (Å²) < 4.78 is 5.15. The predicted octanol–water partition coefficient (Wildman–Crippen LogP) is 2.81. The van der Waals surface area contributed by atoms with Crippen LogP contribution in [0.15, 0.2) is 35.7 Å². The Morgan fingerprint density at radius 1 is 1.31 bits per heavy atom. The molecule has 2 rings (SSSR count). The van der Waals surface area contributed by atoms with Crippen LogP contribution >= 0.6 is 11.3 Å². The normalized spacial score (nSPS) is 11.0. The van der Waals surface area contributed by atoms with Crippen molar-refractivity contribution < 1.29 is 14.3 Å². The van der Waals surface area contributed by atoms with Crippen LogP contribution in [0.5, 0.6) is 5.75 Å². The van der Waals surface area contributed by atoms with Crippen molar-refractivity contribution in [3.05, 3.63) is 41.4 Å². The smallest absolute Gasteiger partial charge is 0.246 e. The molecular weight excluding hydrogens is 350 g/mol. The summed E-state index contributed by atoms with van der Waals surface area (Å²) in [5, 5.41) is 5.50. The molecule has 0 fully saturated rings. The van der Waals surface area contributed by atoms with Crippen LogP contribution < -0.4 is 10.1 Å². The van der Waals surface area contributed by atoms with Gasteiger partial charge in [-0.3, -0.25) is 9.59 Å². The predicted molar refractivity (Wildman–Crippen MR) is 104 cm³/mol. The van der Waals surface area contributed by atoms with Crippen molar-refractivity contribution >= 4 is 29.2 Å². The fourth-order valence-electron chi connectivity index (χ4n) is 2.17. The number of thiazole rings is 1. The van der Waals surface area contributed by atoms with E-state index in [4.69, 9.17) is 4.74 Å². The van der Waals surface area contributed by atoms with Crippen molar-refractivity contribution in [1.29, 1.82) is 0 Å². The lowest BCUT2D eigenvalue weighted by atomic mass is 10.2. The number of hydrogen-bond donors (Lipinski definition) is 1. The molecule has 0 atom stereocenters. The molecule has 138 valence electrons. The highest BCUT2D eigenvalue weighted by molar-refractivity contribution is 7.13. The summed E-state index contributed by atoms with van der Waals surface area (Å²) in [6.07, 6.45) is 3.08. The number of nitrogens with zero attached hydrogens (tertiary/aromatic N) is 2. The lowest BCUT2D eigenvalue weighted by molar-refractivity contribution is -0.131. The molecule has 2 aromatic rings. The topological polar surface area (TPSA) is 71.5 Å². The van der Waals surface area contributed by atoms with Crippen LogP contribution in [0, 0.1) is 0 Å². The molecule has 1 aromatic carbocycles. The number of aromatic nitrogens is 1.